The van der Waals surface area contributed by atoms with E-state index < -0.39 is 15.4 Å². The van der Waals surface area contributed by atoms with Gasteiger partial charge in [-0.3, -0.25) is 4.79 Å². The lowest BCUT2D eigenvalue weighted by molar-refractivity contribution is -0.128. The van der Waals surface area contributed by atoms with E-state index in [9.17, 15) is 13.2 Å². The van der Waals surface area contributed by atoms with Gasteiger partial charge in [0, 0.05) is 13.6 Å². The molecule has 0 saturated heterocycles. The molecule has 0 atom stereocenters. The van der Waals surface area contributed by atoms with Gasteiger partial charge in [0.25, 0.3) is 0 Å². The summed E-state index contributed by atoms with van der Waals surface area (Å²) in [5, 5.41) is 2.50. The molecule has 8 heteroatoms. The third kappa shape index (κ3) is 4.08. The Morgan fingerprint density at radius 1 is 1.38 bits per heavy atom. The highest BCUT2D eigenvalue weighted by Crippen LogP contribution is 2.24. The summed E-state index contributed by atoms with van der Waals surface area (Å²) in [5.74, 6) is 0.152. The molecule has 0 aliphatic rings. The van der Waals surface area contributed by atoms with Crippen molar-refractivity contribution in [2.45, 2.75) is 18.7 Å². The molecule has 1 rings (SSSR count). The van der Waals surface area contributed by atoms with Crippen molar-refractivity contribution in [1.82, 2.24) is 10.0 Å². The fraction of sp³-hybridized carbons (Fsp3) is 0.462. The quantitative estimate of drug-likeness (QED) is 0.655. The molecule has 118 valence electrons. The van der Waals surface area contributed by atoms with Gasteiger partial charge in [-0.05, 0) is 32.0 Å². The maximum Gasteiger partial charge on any atom is 0.240 e. The zero-order valence-corrected chi connectivity index (χ0v) is 13.4. The standard InChI is InChI=1S/C13H21N3O4S/c1-13(2,12(17)15-3)8-16-21(18,19)9-5-6-11(20-4)10(14)7-9/h5-7,16H,8,14H2,1-4H3,(H,15,17). The average molecular weight is 315 g/mol. The summed E-state index contributed by atoms with van der Waals surface area (Å²) in [5.41, 5.74) is 5.07. The molecule has 4 N–H and O–H groups in total. The predicted octanol–water partition coefficient (Wildman–Crippen LogP) is 0.328. The number of benzene rings is 1. The molecule has 0 spiro atoms. The molecule has 0 unspecified atom stereocenters. The number of hydrogen-bond donors (Lipinski definition) is 3. The molecule has 0 aliphatic carbocycles. The average Bonchev–Trinajstić information content (AvgIpc) is 2.44. The molecule has 21 heavy (non-hydrogen) atoms. The molecule has 0 fully saturated rings. The van der Waals surface area contributed by atoms with Crippen molar-refractivity contribution in [3.05, 3.63) is 18.2 Å². The van der Waals surface area contributed by atoms with Gasteiger partial charge >= 0.3 is 0 Å². The van der Waals surface area contributed by atoms with Crippen molar-refractivity contribution >= 4 is 21.6 Å². The molecular formula is C13H21N3O4S. The van der Waals surface area contributed by atoms with Crippen LogP contribution < -0.4 is 20.5 Å². The van der Waals surface area contributed by atoms with Crippen LogP contribution in [0, 0.1) is 5.41 Å². The van der Waals surface area contributed by atoms with E-state index in [2.05, 4.69) is 10.0 Å². The lowest BCUT2D eigenvalue weighted by atomic mass is 9.93. The highest BCUT2D eigenvalue weighted by molar-refractivity contribution is 7.89. The van der Waals surface area contributed by atoms with Gasteiger partial charge in [0.2, 0.25) is 15.9 Å². The van der Waals surface area contributed by atoms with E-state index in [1.807, 2.05) is 0 Å². The minimum absolute atomic E-state index is 0.0218. The molecule has 0 bridgehead atoms. The van der Waals surface area contributed by atoms with Crippen LogP contribution in [0.25, 0.3) is 0 Å². The zero-order valence-electron chi connectivity index (χ0n) is 12.6. The second-order valence-electron chi connectivity index (χ2n) is 5.19. The highest BCUT2D eigenvalue weighted by Gasteiger charge is 2.29. The molecule has 0 saturated carbocycles. The third-order valence-electron chi connectivity index (χ3n) is 3.06. The number of sulfonamides is 1. The summed E-state index contributed by atoms with van der Waals surface area (Å²) in [7, 11) is -0.797. The van der Waals surface area contributed by atoms with Crippen LogP contribution in [0.3, 0.4) is 0 Å². The molecule has 0 aromatic heterocycles. The van der Waals surface area contributed by atoms with Crippen LogP contribution in [0.1, 0.15) is 13.8 Å². The van der Waals surface area contributed by atoms with Gasteiger partial charge in [0.05, 0.1) is 23.1 Å². The summed E-state index contributed by atoms with van der Waals surface area (Å²) in [6.07, 6.45) is 0. The van der Waals surface area contributed by atoms with Gasteiger partial charge in [-0.2, -0.15) is 0 Å². The van der Waals surface area contributed by atoms with Crippen LogP contribution in [0.4, 0.5) is 5.69 Å². The Morgan fingerprint density at radius 2 is 2.00 bits per heavy atom. The number of carbonyl (C=O) groups is 1. The van der Waals surface area contributed by atoms with E-state index in [0.717, 1.165) is 0 Å². The molecule has 1 amide bonds. The summed E-state index contributed by atoms with van der Waals surface area (Å²) in [4.78, 5) is 11.7. The zero-order chi connectivity index (χ0) is 16.3. The van der Waals surface area contributed by atoms with Crippen molar-refractivity contribution in [1.29, 1.82) is 0 Å². The first kappa shape index (κ1) is 17.3. The van der Waals surface area contributed by atoms with Gasteiger partial charge in [0.1, 0.15) is 5.75 Å². The van der Waals surface area contributed by atoms with Crippen molar-refractivity contribution in [2.75, 3.05) is 26.4 Å². The van der Waals surface area contributed by atoms with E-state index in [0.29, 0.717) is 5.75 Å². The minimum Gasteiger partial charge on any atom is -0.495 e. The number of amides is 1. The maximum atomic E-state index is 12.2. The fourth-order valence-electron chi connectivity index (χ4n) is 1.66. The first-order valence-corrected chi connectivity index (χ1v) is 7.78. The van der Waals surface area contributed by atoms with Crippen LogP contribution in [-0.4, -0.2) is 35.0 Å². The fourth-order valence-corrected chi connectivity index (χ4v) is 2.90. The summed E-state index contributed by atoms with van der Waals surface area (Å²) < 4.78 is 31.8. The highest BCUT2D eigenvalue weighted by atomic mass is 32.2. The van der Waals surface area contributed by atoms with E-state index in [-0.39, 0.29) is 23.0 Å². The van der Waals surface area contributed by atoms with Crippen LogP contribution in [0.5, 0.6) is 5.75 Å². The number of nitrogens with two attached hydrogens (primary N) is 1. The van der Waals surface area contributed by atoms with E-state index >= 15 is 0 Å². The van der Waals surface area contributed by atoms with Crippen molar-refractivity contribution in [3.63, 3.8) is 0 Å². The smallest absolute Gasteiger partial charge is 0.240 e. The van der Waals surface area contributed by atoms with Gasteiger partial charge in [-0.1, -0.05) is 0 Å². The third-order valence-corrected chi connectivity index (χ3v) is 4.46. The second-order valence-corrected chi connectivity index (χ2v) is 6.96. The Balaban J connectivity index is 2.92. The Kier molecular flexibility index (Phi) is 5.19. The molecule has 7 nitrogen and oxygen atoms in total. The SMILES string of the molecule is CNC(=O)C(C)(C)CNS(=O)(=O)c1ccc(OC)c(N)c1. The van der Waals surface area contributed by atoms with E-state index in [4.69, 9.17) is 10.5 Å². The Morgan fingerprint density at radius 3 is 2.48 bits per heavy atom. The van der Waals surface area contributed by atoms with Crippen LogP contribution in [0.15, 0.2) is 23.1 Å². The Labute approximate surface area is 124 Å². The molecule has 0 heterocycles. The van der Waals surface area contributed by atoms with Crippen molar-refractivity contribution in [2.24, 2.45) is 5.41 Å². The topological polar surface area (TPSA) is 111 Å². The summed E-state index contributed by atoms with van der Waals surface area (Å²) in [6.45, 7) is 3.27. The number of rotatable bonds is 6. The number of carbonyl (C=O) groups excluding carboxylic acids is 1. The number of nitrogen functional groups attached to an aromatic ring is 1. The normalized spacial score (nSPS) is 12.0. The molecular weight excluding hydrogens is 294 g/mol. The first-order chi connectivity index (χ1) is 9.64. The lowest BCUT2D eigenvalue weighted by Gasteiger charge is -2.22. The molecule has 1 aromatic rings. The van der Waals surface area contributed by atoms with Gasteiger partial charge < -0.3 is 15.8 Å². The minimum atomic E-state index is -3.75. The number of ether oxygens (including phenoxy) is 1. The van der Waals surface area contributed by atoms with Gasteiger partial charge in [-0.25, -0.2) is 13.1 Å². The van der Waals surface area contributed by atoms with Crippen molar-refractivity contribution in [3.8, 4) is 5.75 Å². The molecule has 0 aliphatic heterocycles. The van der Waals surface area contributed by atoms with E-state index in [1.165, 1.54) is 32.4 Å². The predicted molar refractivity (Wildman–Crippen MR) is 80.4 cm³/mol. The largest absolute Gasteiger partial charge is 0.495 e. The van der Waals surface area contributed by atoms with E-state index in [1.54, 1.807) is 13.8 Å². The number of anilines is 1. The summed E-state index contributed by atoms with van der Waals surface area (Å²) in [6, 6.07) is 4.19. The number of hydrogen-bond acceptors (Lipinski definition) is 5. The van der Waals surface area contributed by atoms with Crippen LogP contribution in [-0.2, 0) is 14.8 Å². The number of methoxy groups -OCH3 is 1. The van der Waals surface area contributed by atoms with Crippen LogP contribution >= 0.6 is 0 Å². The van der Waals surface area contributed by atoms with Gasteiger partial charge in [-0.15, -0.1) is 0 Å². The van der Waals surface area contributed by atoms with Crippen LogP contribution in [0.2, 0.25) is 0 Å². The first-order valence-electron chi connectivity index (χ1n) is 6.29. The number of nitrogens with one attached hydrogen (secondary N) is 2. The lowest BCUT2D eigenvalue weighted by Crippen LogP contribution is -2.43. The Hall–Kier alpha value is -1.80. The monoisotopic (exact) mass is 315 g/mol. The van der Waals surface area contributed by atoms with Gasteiger partial charge in [0.15, 0.2) is 0 Å². The molecule has 0 radical (unpaired) electrons. The van der Waals surface area contributed by atoms with Crippen molar-refractivity contribution < 1.29 is 17.9 Å². The second kappa shape index (κ2) is 6.31. The Bertz CT molecular complexity index is 626. The molecule has 1 aromatic carbocycles. The maximum absolute atomic E-state index is 12.2. The summed E-state index contributed by atoms with van der Waals surface area (Å²) >= 11 is 0.